The van der Waals surface area contributed by atoms with E-state index in [-0.39, 0.29) is 17.3 Å². The Balaban J connectivity index is 1.50. The molecule has 0 unspecified atom stereocenters. The number of pyridine rings is 2. The van der Waals surface area contributed by atoms with E-state index in [4.69, 9.17) is 0 Å². The standard InChI is InChI=1S/C21H17FN4O/c22-13-5-12(8-23-10-13)16-6-15-11(9-24-16)1-2-14-18-17(25-19(14)15)7-21(3-4-21)26-20(18)27/h5-6,8-10,25H,1-4,7H2,(H,26,27). The van der Waals surface area contributed by atoms with Gasteiger partial charge in [-0.15, -0.1) is 0 Å². The average Bonchev–Trinajstić information content (AvgIpc) is 3.28. The van der Waals surface area contributed by atoms with Gasteiger partial charge >= 0.3 is 0 Å². The zero-order valence-electron chi connectivity index (χ0n) is 14.6. The number of fused-ring (bicyclic) bond motifs is 5. The van der Waals surface area contributed by atoms with Crippen molar-refractivity contribution in [2.75, 3.05) is 0 Å². The van der Waals surface area contributed by atoms with Gasteiger partial charge in [-0.3, -0.25) is 14.8 Å². The summed E-state index contributed by atoms with van der Waals surface area (Å²) in [6.45, 7) is 0. The van der Waals surface area contributed by atoms with Gasteiger partial charge in [-0.1, -0.05) is 0 Å². The maximum atomic E-state index is 13.6. The lowest BCUT2D eigenvalue weighted by Crippen LogP contribution is -2.43. The third-order valence-electron chi connectivity index (χ3n) is 6.06. The highest BCUT2D eigenvalue weighted by Crippen LogP contribution is 2.45. The lowest BCUT2D eigenvalue weighted by atomic mass is 9.87. The Morgan fingerprint density at radius 3 is 2.81 bits per heavy atom. The number of carbonyl (C=O) groups excluding carboxylic acids is 1. The van der Waals surface area contributed by atoms with Crippen molar-refractivity contribution in [2.45, 2.75) is 37.6 Å². The molecule has 3 aromatic rings. The summed E-state index contributed by atoms with van der Waals surface area (Å²) in [5.74, 6) is -0.326. The van der Waals surface area contributed by atoms with Gasteiger partial charge in [-0.05, 0) is 48.9 Å². The summed E-state index contributed by atoms with van der Waals surface area (Å²) in [7, 11) is 0. The first-order valence-corrected chi connectivity index (χ1v) is 9.28. The number of aromatic nitrogens is 3. The Morgan fingerprint density at radius 2 is 2.00 bits per heavy atom. The van der Waals surface area contributed by atoms with Crippen molar-refractivity contribution in [3.63, 3.8) is 0 Å². The zero-order chi connectivity index (χ0) is 18.2. The first-order chi connectivity index (χ1) is 13.1. The number of rotatable bonds is 1. The van der Waals surface area contributed by atoms with Crippen molar-refractivity contribution in [3.8, 4) is 22.5 Å². The highest BCUT2D eigenvalue weighted by molar-refractivity contribution is 6.01. The molecule has 1 amide bonds. The fraction of sp³-hybridized carbons (Fsp3) is 0.286. The Morgan fingerprint density at radius 1 is 1.11 bits per heavy atom. The molecule has 1 saturated carbocycles. The van der Waals surface area contributed by atoms with E-state index < -0.39 is 0 Å². The van der Waals surface area contributed by atoms with Crippen LogP contribution in [0.5, 0.6) is 0 Å². The van der Waals surface area contributed by atoms with Crippen LogP contribution in [0, 0.1) is 5.82 Å². The lowest BCUT2D eigenvalue weighted by molar-refractivity contribution is 0.0917. The molecule has 3 aliphatic rings. The molecule has 6 heteroatoms. The van der Waals surface area contributed by atoms with E-state index >= 15 is 0 Å². The molecule has 3 aromatic heterocycles. The van der Waals surface area contributed by atoms with Crippen LogP contribution < -0.4 is 5.32 Å². The van der Waals surface area contributed by atoms with Crippen LogP contribution in [0.15, 0.2) is 30.7 Å². The second kappa shape index (κ2) is 5.03. The molecule has 2 N–H and O–H groups in total. The van der Waals surface area contributed by atoms with Crippen molar-refractivity contribution in [2.24, 2.45) is 0 Å². The summed E-state index contributed by atoms with van der Waals surface area (Å²) in [4.78, 5) is 24.7. The molecule has 4 heterocycles. The van der Waals surface area contributed by atoms with Crippen molar-refractivity contribution >= 4 is 5.91 Å². The van der Waals surface area contributed by atoms with Crippen LogP contribution in [0.3, 0.4) is 0 Å². The maximum absolute atomic E-state index is 13.6. The summed E-state index contributed by atoms with van der Waals surface area (Å²) in [5.41, 5.74) is 7.52. The number of carbonyl (C=O) groups is 1. The number of hydrogen-bond donors (Lipinski definition) is 2. The Bertz CT molecular complexity index is 1130. The number of amides is 1. The van der Waals surface area contributed by atoms with Gasteiger partial charge in [-0.25, -0.2) is 4.39 Å². The Kier molecular flexibility index (Phi) is 2.81. The fourth-order valence-electron chi connectivity index (χ4n) is 4.51. The first kappa shape index (κ1) is 15.1. The molecule has 6 rings (SSSR count). The number of nitrogens with one attached hydrogen (secondary N) is 2. The summed E-state index contributed by atoms with van der Waals surface area (Å²) in [6, 6.07) is 3.42. The van der Waals surface area contributed by atoms with Gasteiger partial charge in [0.1, 0.15) is 5.82 Å². The Labute approximate surface area is 155 Å². The van der Waals surface area contributed by atoms with E-state index in [0.717, 1.165) is 65.7 Å². The molecule has 0 saturated heterocycles. The molecule has 0 bridgehead atoms. The predicted octanol–water partition coefficient (Wildman–Crippen LogP) is 3.19. The fourth-order valence-corrected chi connectivity index (χ4v) is 4.51. The minimum absolute atomic E-state index is 0.0169. The van der Waals surface area contributed by atoms with Crippen LogP contribution >= 0.6 is 0 Å². The minimum atomic E-state index is -0.380. The van der Waals surface area contributed by atoms with Crippen LogP contribution in [0.1, 0.15) is 40.0 Å². The molecule has 1 aliphatic heterocycles. The number of aromatic amines is 1. The molecule has 134 valence electrons. The van der Waals surface area contributed by atoms with Gasteiger partial charge < -0.3 is 10.3 Å². The number of halogens is 1. The van der Waals surface area contributed by atoms with Gasteiger partial charge in [0, 0.05) is 41.2 Å². The Hall–Kier alpha value is -3.02. The van der Waals surface area contributed by atoms with E-state index in [9.17, 15) is 9.18 Å². The highest BCUT2D eigenvalue weighted by atomic mass is 19.1. The highest BCUT2D eigenvalue weighted by Gasteiger charge is 2.49. The van der Waals surface area contributed by atoms with Crippen LogP contribution in [0.4, 0.5) is 4.39 Å². The average molecular weight is 360 g/mol. The topological polar surface area (TPSA) is 70.7 Å². The normalized spacial score (nSPS) is 18.5. The van der Waals surface area contributed by atoms with Crippen molar-refractivity contribution in [1.29, 1.82) is 0 Å². The van der Waals surface area contributed by atoms with Crippen LogP contribution in [-0.4, -0.2) is 26.4 Å². The van der Waals surface area contributed by atoms with Crippen LogP contribution in [0.2, 0.25) is 0 Å². The second-order valence-electron chi connectivity index (χ2n) is 7.86. The third kappa shape index (κ3) is 2.19. The third-order valence-corrected chi connectivity index (χ3v) is 6.06. The smallest absolute Gasteiger partial charge is 0.253 e. The van der Waals surface area contributed by atoms with Crippen molar-refractivity contribution < 1.29 is 9.18 Å². The monoisotopic (exact) mass is 360 g/mol. The van der Waals surface area contributed by atoms with Gasteiger partial charge in [0.15, 0.2) is 0 Å². The van der Waals surface area contributed by atoms with E-state index in [1.165, 1.54) is 12.3 Å². The molecule has 2 aliphatic carbocycles. The number of aryl methyl sites for hydroxylation is 1. The molecule has 1 spiro atoms. The quantitative estimate of drug-likeness (QED) is 0.700. The molecular formula is C21H17FN4O. The molecule has 0 atom stereocenters. The summed E-state index contributed by atoms with van der Waals surface area (Å²) >= 11 is 0. The first-order valence-electron chi connectivity index (χ1n) is 9.28. The largest absolute Gasteiger partial charge is 0.357 e. The minimum Gasteiger partial charge on any atom is -0.357 e. The summed E-state index contributed by atoms with van der Waals surface area (Å²) in [5, 5.41) is 3.21. The second-order valence-corrected chi connectivity index (χ2v) is 7.86. The predicted molar refractivity (Wildman–Crippen MR) is 97.8 cm³/mol. The molecule has 0 aromatic carbocycles. The van der Waals surface area contributed by atoms with Gasteiger partial charge in [0.25, 0.3) is 5.91 Å². The van der Waals surface area contributed by atoms with Gasteiger partial charge in [0.2, 0.25) is 0 Å². The molecule has 0 radical (unpaired) electrons. The van der Waals surface area contributed by atoms with Crippen molar-refractivity contribution in [1.82, 2.24) is 20.3 Å². The summed E-state index contributed by atoms with van der Waals surface area (Å²) in [6.07, 6.45) is 9.33. The zero-order valence-corrected chi connectivity index (χ0v) is 14.6. The van der Waals surface area contributed by atoms with E-state index in [1.807, 2.05) is 12.3 Å². The molecule has 1 fully saturated rings. The number of hydrogen-bond acceptors (Lipinski definition) is 3. The number of H-pyrrole nitrogens is 1. The maximum Gasteiger partial charge on any atom is 0.253 e. The molecule has 27 heavy (non-hydrogen) atoms. The van der Waals surface area contributed by atoms with Crippen LogP contribution in [-0.2, 0) is 19.3 Å². The SMILES string of the molecule is O=C1NC2(CC2)Cc2[nH]c3c(c21)CCc1cnc(-c2cncc(F)c2)cc1-3. The molecular weight excluding hydrogens is 343 g/mol. The summed E-state index contributed by atoms with van der Waals surface area (Å²) < 4.78 is 13.6. The lowest BCUT2D eigenvalue weighted by Gasteiger charge is -2.24. The van der Waals surface area contributed by atoms with E-state index in [0.29, 0.717) is 11.3 Å². The molecule has 5 nitrogen and oxygen atoms in total. The van der Waals surface area contributed by atoms with Crippen molar-refractivity contribution in [3.05, 3.63) is 58.9 Å². The van der Waals surface area contributed by atoms with E-state index in [2.05, 4.69) is 20.3 Å². The van der Waals surface area contributed by atoms with E-state index in [1.54, 1.807) is 6.20 Å². The van der Waals surface area contributed by atoms with Crippen LogP contribution in [0.25, 0.3) is 22.5 Å². The number of nitrogens with zero attached hydrogens (tertiary/aromatic N) is 2. The van der Waals surface area contributed by atoms with Gasteiger partial charge in [-0.2, -0.15) is 0 Å². The van der Waals surface area contributed by atoms with Gasteiger partial charge in [0.05, 0.1) is 23.1 Å².